The maximum Gasteiger partial charge on any atom is 0.472 e. The highest BCUT2D eigenvalue weighted by Crippen LogP contribution is 2.45. The average Bonchev–Trinajstić information content (AvgIpc) is 1.74. The van der Waals surface area contributed by atoms with Crippen molar-refractivity contribution in [2.45, 2.75) is 420 Å². The molecule has 0 aliphatic carbocycles. The summed E-state index contributed by atoms with van der Waals surface area (Å²) in [6.45, 7) is 11.9. The third-order valence-electron chi connectivity index (χ3n) is 18.5. The van der Waals surface area contributed by atoms with Crippen LogP contribution < -0.4 is 0 Å². The van der Waals surface area contributed by atoms with E-state index in [1.807, 2.05) is 0 Å². The highest BCUT2D eigenvalue weighted by Gasteiger charge is 2.30. The standard InChI is InChI=1S/C78H152O17P2/c1-8-10-11-12-13-14-15-16-17-18-19-20-21-22-23-24-25-30-40-47-54-61-77(82)94-73(65-88-75(80)59-52-45-38-29-27-26-28-35-42-49-56-69(3)4)67-92-96(84,85)90-63-72(79)64-91-97(86,87)93-68-74(66-89-76(81)60-53-46-39-33-31-36-43-50-57-70(5)6)95-78(83)62-55-48-41-34-32-37-44-51-58-71(7)9-2/h69-74,79H,8-68H2,1-7H3,(H,84,85)(H,86,87)/t71?,72-,73-,74-/m1/s1. The van der Waals surface area contributed by atoms with Crippen molar-refractivity contribution >= 4 is 39.5 Å². The third-order valence-corrected chi connectivity index (χ3v) is 20.4. The maximum absolute atomic E-state index is 13.1. The number of aliphatic hydroxyl groups excluding tert-OH is 1. The molecule has 97 heavy (non-hydrogen) atoms. The smallest absolute Gasteiger partial charge is 0.462 e. The van der Waals surface area contributed by atoms with E-state index in [1.54, 1.807) is 0 Å². The number of carbonyl (C=O) groups excluding carboxylic acids is 4. The Morgan fingerprint density at radius 3 is 0.784 bits per heavy atom. The van der Waals surface area contributed by atoms with Crippen molar-refractivity contribution in [3.05, 3.63) is 0 Å². The van der Waals surface area contributed by atoms with Crippen molar-refractivity contribution in [1.29, 1.82) is 0 Å². The van der Waals surface area contributed by atoms with Crippen LogP contribution in [0.4, 0.5) is 0 Å². The molecule has 0 radical (unpaired) electrons. The molecule has 0 rings (SSSR count). The number of esters is 4. The molecule has 3 unspecified atom stereocenters. The van der Waals surface area contributed by atoms with Gasteiger partial charge < -0.3 is 33.8 Å². The molecule has 0 heterocycles. The van der Waals surface area contributed by atoms with Crippen LogP contribution in [0.2, 0.25) is 0 Å². The van der Waals surface area contributed by atoms with Gasteiger partial charge in [-0.3, -0.25) is 37.3 Å². The van der Waals surface area contributed by atoms with Gasteiger partial charge in [-0.15, -0.1) is 0 Å². The van der Waals surface area contributed by atoms with Gasteiger partial charge in [-0.05, 0) is 43.4 Å². The summed E-state index contributed by atoms with van der Waals surface area (Å²) in [6, 6.07) is 0. The van der Waals surface area contributed by atoms with Crippen LogP contribution in [0.5, 0.6) is 0 Å². The number of rotatable bonds is 76. The van der Waals surface area contributed by atoms with Crippen molar-refractivity contribution < 1.29 is 80.2 Å². The summed E-state index contributed by atoms with van der Waals surface area (Å²) in [5.41, 5.74) is 0. The first kappa shape index (κ1) is 95.1. The molecule has 0 bridgehead atoms. The normalized spacial score (nSPS) is 14.3. The SMILES string of the molecule is CCCCCCCCCCCCCCCCCCCCCCCC(=O)O[C@H](COC(=O)CCCCCCCCCCCCC(C)C)COP(=O)(O)OC[C@@H](O)COP(=O)(O)OC[C@@H](COC(=O)CCCCCCCCCCC(C)C)OC(=O)CCCCCCCCCCC(C)CC. The molecule has 6 atom stereocenters. The van der Waals surface area contributed by atoms with Gasteiger partial charge in [-0.2, -0.15) is 0 Å². The van der Waals surface area contributed by atoms with Crippen LogP contribution in [-0.4, -0.2) is 96.7 Å². The molecule has 0 aromatic rings. The van der Waals surface area contributed by atoms with Crippen LogP contribution in [0, 0.1) is 17.8 Å². The monoisotopic (exact) mass is 1420 g/mol. The zero-order valence-electron chi connectivity index (χ0n) is 63.5. The van der Waals surface area contributed by atoms with Gasteiger partial charge in [-0.1, -0.05) is 350 Å². The lowest BCUT2D eigenvalue weighted by molar-refractivity contribution is -0.161. The molecule has 576 valence electrons. The van der Waals surface area contributed by atoms with Crippen molar-refractivity contribution in [2.24, 2.45) is 17.8 Å². The Morgan fingerprint density at radius 2 is 0.526 bits per heavy atom. The Hall–Kier alpha value is -1.94. The molecule has 0 saturated carbocycles. The van der Waals surface area contributed by atoms with Gasteiger partial charge in [0.1, 0.15) is 19.3 Å². The van der Waals surface area contributed by atoms with Crippen molar-refractivity contribution in [1.82, 2.24) is 0 Å². The minimum absolute atomic E-state index is 0.104. The predicted molar refractivity (Wildman–Crippen MR) is 395 cm³/mol. The van der Waals surface area contributed by atoms with Crippen molar-refractivity contribution in [3.63, 3.8) is 0 Å². The molecular formula is C78H152O17P2. The molecule has 17 nitrogen and oxygen atoms in total. The molecule has 0 spiro atoms. The summed E-state index contributed by atoms with van der Waals surface area (Å²) < 4.78 is 68.6. The number of hydrogen-bond acceptors (Lipinski definition) is 15. The first-order valence-corrected chi connectivity index (χ1v) is 43.4. The fraction of sp³-hybridized carbons (Fsp3) is 0.949. The lowest BCUT2D eigenvalue weighted by atomic mass is 9.99. The van der Waals surface area contributed by atoms with E-state index in [1.165, 1.54) is 212 Å². The third kappa shape index (κ3) is 70.9. The number of ether oxygens (including phenoxy) is 4. The van der Waals surface area contributed by atoms with Crippen LogP contribution in [-0.2, 0) is 65.4 Å². The minimum Gasteiger partial charge on any atom is -0.462 e. The van der Waals surface area contributed by atoms with Crippen LogP contribution in [0.3, 0.4) is 0 Å². The molecule has 0 saturated heterocycles. The summed E-state index contributed by atoms with van der Waals surface area (Å²) in [4.78, 5) is 72.9. The topological polar surface area (TPSA) is 237 Å². The Kier molecular flexibility index (Phi) is 67.1. The predicted octanol–water partition coefficient (Wildman–Crippen LogP) is 23.0. The first-order chi connectivity index (χ1) is 46.8. The largest absolute Gasteiger partial charge is 0.472 e. The van der Waals surface area contributed by atoms with Gasteiger partial charge in [-0.25, -0.2) is 9.13 Å². The van der Waals surface area contributed by atoms with E-state index in [9.17, 15) is 43.2 Å². The highest BCUT2D eigenvalue weighted by atomic mass is 31.2. The summed E-state index contributed by atoms with van der Waals surface area (Å²) in [5.74, 6) is 0.135. The minimum atomic E-state index is -4.96. The van der Waals surface area contributed by atoms with E-state index in [-0.39, 0.29) is 25.7 Å². The second-order valence-electron chi connectivity index (χ2n) is 29.3. The molecule has 0 aromatic heterocycles. The molecule has 0 fully saturated rings. The lowest BCUT2D eigenvalue weighted by Gasteiger charge is -2.21. The van der Waals surface area contributed by atoms with Crippen LogP contribution in [0.15, 0.2) is 0 Å². The van der Waals surface area contributed by atoms with Gasteiger partial charge in [0.2, 0.25) is 0 Å². The fourth-order valence-electron chi connectivity index (χ4n) is 11.9. The molecule has 3 N–H and O–H groups in total. The van der Waals surface area contributed by atoms with Gasteiger partial charge in [0.05, 0.1) is 26.4 Å². The van der Waals surface area contributed by atoms with E-state index in [2.05, 4.69) is 48.5 Å². The molecular weight excluding hydrogens is 1270 g/mol. The zero-order chi connectivity index (χ0) is 71.6. The molecule has 0 amide bonds. The van der Waals surface area contributed by atoms with E-state index < -0.39 is 97.5 Å². The highest BCUT2D eigenvalue weighted by molar-refractivity contribution is 7.47. The van der Waals surface area contributed by atoms with E-state index >= 15 is 0 Å². The van der Waals surface area contributed by atoms with Gasteiger partial charge in [0, 0.05) is 25.7 Å². The number of hydrogen-bond donors (Lipinski definition) is 3. The average molecular weight is 1420 g/mol. The summed E-state index contributed by atoms with van der Waals surface area (Å²) in [5, 5.41) is 10.6. The van der Waals surface area contributed by atoms with E-state index in [0.29, 0.717) is 25.7 Å². The molecule has 0 aromatic carbocycles. The Morgan fingerprint density at radius 1 is 0.299 bits per heavy atom. The van der Waals surface area contributed by atoms with E-state index in [4.69, 9.17) is 37.0 Å². The Balaban J connectivity index is 5.22. The Labute approximate surface area is 594 Å². The zero-order valence-corrected chi connectivity index (χ0v) is 65.3. The summed E-state index contributed by atoms with van der Waals surface area (Å²) in [6.07, 6.45) is 55.6. The van der Waals surface area contributed by atoms with Gasteiger partial charge >= 0.3 is 39.5 Å². The quantitative estimate of drug-likeness (QED) is 0.0222. The lowest BCUT2D eigenvalue weighted by Crippen LogP contribution is -2.30. The van der Waals surface area contributed by atoms with Crippen molar-refractivity contribution in [2.75, 3.05) is 39.6 Å². The molecule has 19 heteroatoms. The van der Waals surface area contributed by atoms with Crippen LogP contribution in [0.25, 0.3) is 0 Å². The maximum atomic E-state index is 13.1. The number of unbranched alkanes of at least 4 members (excludes halogenated alkanes) is 43. The van der Waals surface area contributed by atoms with Gasteiger partial charge in [0.15, 0.2) is 12.2 Å². The number of aliphatic hydroxyl groups is 1. The van der Waals surface area contributed by atoms with Gasteiger partial charge in [0.25, 0.3) is 0 Å². The number of phosphoric ester groups is 2. The molecule has 0 aliphatic heterocycles. The van der Waals surface area contributed by atoms with Crippen molar-refractivity contribution in [3.8, 4) is 0 Å². The van der Waals surface area contributed by atoms with Crippen LogP contribution >= 0.6 is 15.6 Å². The first-order valence-electron chi connectivity index (χ1n) is 40.4. The Bertz CT molecular complexity index is 1890. The second-order valence-corrected chi connectivity index (χ2v) is 32.2. The number of phosphoric acid groups is 2. The second kappa shape index (κ2) is 68.5. The van der Waals surface area contributed by atoms with Crippen LogP contribution in [0.1, 0.15) is 402 Å². The molecule has 0 aliphatic rings. The summed E-state index contributed by atoms with van der Waals surface area (Å²) >= 11 is 0. The summed E-state index contributed by atoms with van der Waals surface area (Å²) in [7, 11) is -9.92. The number of carbonyl (C=O) groups is 4. The van der Waals surface area contributed by atoms with E-state index in [0.717, 1.165) is 108 Å². The fourth-order valence-corrected chi connectivity index (χ4v) is 13.5.